The Morgan fingerprint density at radius 2 is 1.96 bits per heavy atom. The highest BCUT2D eigenvalue weighted by Crippen LogP contribution is 2.37. The Kier molecular flexibility index (Phi) is 4.01. The minimum absolute atomic E-state index is 0.0763. The van der Waals surface area contributed by atoms with Crippen molar-refractivity contribution in [3.63, 3.8) is 0 Å². The predicted molar refractivity (Wildman–Crippen MR) is 95.9 cm³/mol. The summed E-state index contributed by atoms with van der Waals surface area (Å²) in [7, 11) is 1.88. The fourth-order valence-corrected chi connectivity index (χ4v) is 3.55. The molecule has 0 bridgehead atoms. The average Bonchev–Trinajstić information content (AvgIpc) is 2.94. The summed E-state index contributed by atoms with van der Waals surface area (Å²) in [6, 6.07) is 14.1. The first kappa shape index (κ1) is 15.5. The summed E-state index contributed by atoms with van der Waals surface area (Å²) in [4.78, 5) is 26.9. The second kappa shape index (κ2) is 6.47. The Morgan fingerprint density at radius 1 is 1.12 bits per heavy atom. The number of hydrogen-bond donors (Lipinski definition) is 1. The van der Waals surface area contributed by atoms with Crippen LogP contribution in [0.15, 0.2) is 55.0 Å². The molecule has 1 fully saturated rings. The van der Waals surface area contributed by atoms with Crippen LogP contribution in [0.1, 0.15) is 18.0 Å². The van der Waals surface area contributed by atoms with E-state index in [1.165, 1.54) is 6.33 Å². The number of aromatic nitrogens is 3. The van der Waals surface area contributed by atoms with Crippen molar-refractivity contribution in [1.29, 1.82) is 0 Å². The monoisotopic (exact) mass is 333 g/mol. The SMILES string of the molecule is CN1C(=O)C[C@@H](CNc2ncnc3ncccc23)[C@@H]1c1ccccc1. The van der Waals surface area contributed by atoms with Gasteiger partial charge in [0.05, 0.1) is 11.4 Å². The topological polar surface area (TPSA) is 71.0 Å². The van der Waals surface area contributed by atoms with Crippen molar-refractivity contribution >= 4 is 22.8 Å². The van der Waals surface area contributed by atoms with Gasteiger partial charge in [-0.1, -0.05) is 30.3 Å². The summed E-state index contributed by atoms with van der Waals surface area (Å²) in [5, 5.41) is 4.29. The van der Waals surface area contributed by atoms with E-state index in [0.29, 0.717) is 18.6 Å². The lowest BCUT2D eigenvalue weighted by molar-refractivity contribution is -0.127. The molecule has 0 radical (unpaired) electrons. The zero-order valence-corrected chi connectivity index (χ0v) is 14.0. The second-order valence-electron chi connectivity index (χ2n) is 6.30. The third kappa shape index (κ3) is 2.91. The molecule has 1 N–H and O–H groups in total. The number of pyridine rings is 1. The Bertz CT molecular complexity index is 893. The lowest BCUT2D eigenvalue weighted by atomic mass is 9.93. The zero-order valence-electron chi connectivity index (χ0n) is 14.0. The zero-order chi connectivity index (χ0) is 17.2. The van der Waals surface area contributed by atoms with Crippen molar-refractivity contribution in [2.45, 2.75) is 12.5 Å². The molecule has 6 heteroatoms. The molecule has 1 amide bonds. The highest BCUT2D eigenvalue weighted by Gasteiger charge is 2.38. The number of carbonyl (C=O) groups is 1. The molecule has 2 aromatic heterocycles. The van der Waals surface area contributed by atoms with Crippen LogP contribution < -0.4 is 5.32 Å². The van der Waals surface area contributed by atoms with E-state index in [-0.39, 0.29) is 17.9 Å². The highest BCUT2D eigenvalue weighted by molar-refractivity contribution is 5.86. The Morgan fingerprint density at radius 3 is 2.80 bits per heavy atom. The van der Waals surface area contributed by atoms with Crippen LogP contribution in [0.3, 0.4) is 0 Å². The summed E-state index contributed by atoms with van der Waals surface area (Å²) in [5.74, 6) is 1.11. The maximum atomic E-state index is 12.3. The maximum absolute atomic E-state index is 12.3. The van der Waals surface area contributed by atoms with E-state index in [1.807, 2.05) is 42.3 Å². The van der Waals surface area contributed by atoms with E-state index in [4.69, 9.17) is 0 Å². The number of hydrogen-bond acceptors (Lipinski definition) is 5. The first-order valence-corrected chi connectivity index (χ1v) is 8.34. The summed E-state index contributed by atoms with van der Waals surface area (Å²) in [5.41, 5.74) is 1.83. The van der Waals surface area contributed by atoms with Gasteiger partial charge in [0, 0.05) is 32.1 Å². The molecule has 1 aliphatic heterocycles. The number of likely N-dealkylation sites (tertiary alicyclic amines) is 1. The van der Waals surface area contributed by atoms with Crippen molar-refractivity contribution in [2.24, 2.45) is 5.92 Å². The molecule has 2 atom stereocenters. The molecule has 0 unspecified atom stereocenters. The van der Waals surface area contributed by atoms with E-state index >= 15 is 0 Å². The van der Waals surface area contributed by atoms with E-state index in [2.05, 4.69) is 32.4 Å². The minimum Gasteiger partial charge on any atom is -0.369 e. The van der Waals surface area contributed by atoms with Crippen molar-refractivity contribution in [3.05, 3.63) is 60.6 Å². The van der Waals surface area contributed by atoms with Crippen LogP contribution in [-0.4, -0.2) is 39.4 Å². The fraction of sp³-hybridized carbons (Fsp3) is 0.263. The van der Waals surface area contributed by atoms with Crippen molar-refractivity contribution in [2.75, 3.05) is 18.9 Å². The number of amides is 1. The van der Waals surface area contributed by atoms with Crippen LogP contribution in [0.2, 0.25) is 0 Å². The van der Waals surface area contributed by atoms with Crippen molar-refractivity contribution in [1.82, 2.24) is 19.9 Å². The van der Waals surface area contributed by atoms with Crippen molar-refractivity contribution in [3.8, 4) is 0 Å². The number of nitrogens with one attached hydrogen (secondary N) is 1. The molecular weight excluding hydrogens is 314 g/mol. The normalized spacial score (nSPS) is 20.2. The molecule has 126 valence electrons. The van der Waals surface area contributed by atoms with Crippen molar-refractivity contribution < 1.29 is 4.79 Å². The summed E-state index contributed by atoms with van der Waals surface area (Å²) < 4.78 is 0. The molecule has 6 nitrogen and oxygen atoms in total. The van der Waals surface area contributed by atoms with Crippen LogP contribution in [0.25, 0.3) is 11.0 Å². The van der Waals surface area contributed by atoms with Gasteiger partial charge >= 0.3 is 0 Å². The number of benzene rings is 1. The Labute approximate surface area is 145 Å². The van der Waals surface area contributed by atoms with Crippen LogP contribution in [0.5, 0.6) is 0 Å². The van der Waals surface area contributed by atoms with E-state index < -0.39 is 0 Å². The van der Waals surface area contributed by atoms with Gasteiger partial charge in [-0.25, -0.2) is 15.0 Å². The molecule has 1 saturated heterocycles. The quantitative estimate of drug-likeness (QED) is 0.795. The van der Waals surface area contributed by atoms with Crippen LogP contribution in [0.4, 0.5) is 5.82 Å². The van der Waals surface area contributed by atoms with Gasteiger partial charge in [0.2, 0.25) is 5.91 Å². The lowest BCUT2D eigenvalue weighted by Crippen LogP contribution is -2.26. The second-order valence-corrected chi connectivity index (χ2v) is 6.30. The molecule has 0 spiro atoms. The number of anilines is 1. The highest BCUT2D eigenvalue weighted by atomic mass is 16.2. The van der Waals surface area contributed by atoms with Gasteiger partial charge in [-0.3, -0.25) is 4.79 Å². The summed E-state index contributed by atoms with van der Waals surface area (Å²) >= 11 is 0. The summed E-state index contributed by atoms with van der Waals surface area (Å²) in [6.45, 7) is 0.663. The molecular formula is C19H19N5O. The molecule has 0 aliphatic carbocycles. The van der Waals surface area contributed by atoms with E-state index in [1.54, 1.807) is 6.20 Å². The van der Waals surface area contributed by atoms with E-state index in [0.717, 1.165) is 16.8 Å². The van der Waals surface area contributed by atoms with Gasteiger partial charge in [0.1, 0.15) is 12.1 Å². The van der Waals surface area contributed by atoms with Gasteiger partial charge in [-0.05, 0) is 17.7 Å². The van der Waals surface area contributed by atoms with Gasteiger partial charge in [-0.15, -0.1) is 0 Å². The van der Waals surface area contributed by atoms with Gasteiger partial charge in [0.25, 0.3) is 0 Å². The minimum atomic E-state index is 0.0763. The molecule has 4 rings (SSSR count). The molecule has 1 aliphatic rings. The standard InChI is InChI=1S/C19H19N5O/c1-24-16(25)10-14(17(24)13-6-3-2-4-7-13)11-21-19-15-8-5-9-20-18(15)22-12-23-19/h2-9,12,14,17H,10-11H2,1H3,(H,20,21,22,23)/t14-,17-/m0/s1. The maximum Gasteiger partial charge on any atom is 0.223 e. The third-order valence-corrected chi connectivity index (χ3v) is 4.78. The van der Waals surface area contributed by atoms with Crippen LogP contribution in [-0.2, 0) is 4.79 Å². The number of fused-ring (bicyclic) bond motifs is 1. The van der Waals surface area contributed by atoms with Gasteiger partial charge in [-0.2, -0.15) is 0 Å². The fourth-order valence-electron chi connectivity index (χ4n) is 3.55. The molecule has 0 saturated carbocycles. The predicted octanol–water partition coefficient (Wildman–Crippen LogP) is 2.66. The molecule has 1 aromatic carbocycles. The number of carbonyl (C=O) groups excluding carboxylic acids is 1. The Balaban J connectivity index is 1.58. The molecule has 25 heavy (non-hydrogen) atoms. The first-order valence-electron chi connectivity index (χ1n) is 8.34. The largest absolute Gasteiger partial charge is 0.369 e. The average molecular weight is 333 g/mol. The molecule has 3 aromatic rings. The van der Waals surface area contributed by atoms with Crippen LogP contribution >= 0.6 is 0 Å². The number of rotatable bonds is 4. The summed E-state index contributed by atoms with van der Waals surface area (Å²) in [6.07, 6.45) is 3.76. The Hall–Kier alpha value is -3.02. The molecule has 3 heterocycles. The van der Waals surface area contributed by atoms with Crippen LogP contribution in [0, 0.1) is 5.92 Å². The third-order valence-electron chi connectivity index (χ3n) is 4.78. The smallest absolute Gasteiger partial charge is 0.223 e. The van der Waals surface area contributed by atoms with E-state index in [9.17, 15) is 4.79 Å². The first-order chi connectivity index (χ1) is 12.2. The van der Waals surface area contributed by atoms with Gasteiger partial charge in [0.15, 0.2) is 5.65 Å². The van der Waals surface area contributed by atoms with Gasteiger partial charge < -0.3 is 10.2 Å². The number of nitrogens with zero attached hydrogens (tertiary/aromatic N) is 4. The lowest BCUT2D eigenvalue weighted by Gasteiger charge is -2.25.